The van der Waals surface area contributed by atoms with Crippen molar-refractivity contribution >= 4 is 5.78 Å². The van der Waals surface area contributed by atoms with Gasteiger partial charge < -0.3 is 0 Å². The third kappa shape index (κ3) is 2.12. The van der Waals surface area contributed by atoms with Gasteiger partial charge in [0.15, 0.2) is 0 Å². The standard InChI is InChI=1S/C12H22O/c1-5-11(13)12(4)7-6-10(8-12)9(2)3/h9-10H,5-8H2,1-4H3/t10-,12+/m0/s1. The Bertz CT molecular complexity index is 195. The minimum atomic E-state index is 0.0175. The van der Waals surface area contributed by atoms with Gasteiger partial charge in [-0.15, -0.1) is 0 Å². The second-order valence-corrected chi connectivity index (χ2v) is 5.08. The van der Waals surface area contributed by atoms with Gasteiger partial charge in [0.05, 0.1) is 0 Å². The lowest BCUT2D eigenvalue weighted by Crippen LogP contribution is -2.24. The normalized spacial score (nSPS) is 34.1. The number of rotatable bonds is 3. The SMILES string of the molecule is CCC(=O)[C@]1(C)CC[C@H](C(C)C)C1. The fourth-order valence-corrected chi connectivity index (χ4v) is 2.54. The van der Waals surface area contributed by atoms with E-state index < -0.39 is 0 Å². The van der Waals surface area contributed by atoms with Gasteiger partial charge >= 0.3 is 0 Å². The van der Waals surface area contributed by atoms with Crippen LogP contribution in [-0.4, -0.2) is 5.78 Å². The molecule has 0 spiro atoms. The molecule has 13 heavy (non-hydrogen) atoms. The second-order valence-electron chi connectivity index (χ2n) is 5.08. The van der Waals surface area contributed by atoms with Gasteiger partial charge in [-0.05, 0) is 31.1 Å². The molecule has 0 aliphatic heterocycles. The molecule has 0 saturated heterocycles. The summed E-state index contributed by atoms with van der Waals surface area (Å²) < 4.78 is 0. The number of hydrogen-bond acceptors (Lipinski definition) is 1. The lowest BCUT2D eigenvalue weighted by Gasteiger charge is -2.22. The molecule has 1 heteroatoms. The zero-order valence-corrected chi connectivity index (χ0v) is 9.39. The molecule has 1 saturated carbocycles. The molecule has 0 aromatic rings. The van der Waals surface area contributed by atoms with Crippen LogP contribution in [0.1, 0.15) is 53.4 Å². The Morgan fingerprint density at radius 2 is 2.15 bits per heavy atom. The molecule has 2 atom stereocenters. The number of hydrogen-bond donors (Lipinski definition) is 0. The van der Waals surface area contributed by atoms with Crippen LogP contribution in [0.3, 0.4) is 0 Å². The largest absolute Gasteiger partial charge is 0.299 e. The van der Waals surface area contributed by atoms with E-state index in [4.69, 9.17) is 0 Å². The van der Waals surface area contributed by atoms with Crippen LogP contribution in [0.4, 0.5) is 0 Å². The van der Waals surface area contributed by atoms with Crippen molar-refractivity contribution in [3.8, 4) is 0 Å². The average Bonchev–Trinajstić information content (AvgIpc) is 2.48. The van der Waals surface area contributed by atoms with E-state index in [0.717, 1.165) is 24.7 Å². The van der Waals surface area contributed by atoms with Gasteiger partial charge in [0, 0.05) is 11.8 Å². The summed E-state index contributed by atoms with van der Waals surface area (Å²) in [5.41, 5.74) is 0.0175. The lowest BCUT2D eigenvalue weighted by atomic mass is 9.80. The number of ketones is 1. The summed E-state index contributed by atoms with van der Waals surface area (Å²) in [6.07, 6.45) is 4.20. The number of carbonyl (C=O) groups excluding carboxylic acids is 1. The Labute approximate surface area is 81.9 Å². The highest BCUT2D eigenvalue weighted by atomic mass is 16.1. The molecular formula is C12H22O. The van der Waals surface area contributed by atoms with Crippen LogP contribution in [0.2, 0.25) is 0 Å². The topological polar surface area (TPSA) is 17.1 Å². The van der Waals surface area contributed by atoms with Crippen LogP contribution >= 0.6 is 0 Å². The molecule has 1 rings (SSSR count). The monoisotopic (exact) mass is 182 g/mol. The summed E-state index contributed by atoms with van der Waals surface area (Å²) in [7, 11) is 0. The van der Waals surface area contributed by atoms with Crippen molar-refractivity contribution in [1.82, 2.24) is 0 Å². The Hall–Kier alpha value is -0.330. The van der Waals surface area contributed by atoms with E-state index in [1.165, 1.54) is 6.42 Å². The summed E-state index contributed by atoms with van der Waals surface area (Å²) in [6, 6.07) is 0. The Balaban J connectivity index is 2.61. The van der Waals surface area contributed by atoms with E-state index >= 15 is 0 Å². The Morgan fingerprint density at radius 1 is 1.54 bits per heavy atom. The molecule has 1 aliphatic carbocycles. The highest BCUT2D eigenvalue weighted by molar-refractivity contribution is 5.84. The summed E-state index contributed by atoms with van der Waals surface area (Å²) in [5, 5.41) is 0. The van der Waals surface area contributed by atoms with E-state index in [1.54, 1.807) is 0 Å². The van der Waals surface area contributed by atoms with Crippen LogP contribution in [0.25, 0.3) is 0 Å². The predicted octanol–water partition coefficient (Wildman–Crippen LogP) is 3.43. The van der Waals surface area contributed by atoms with Gasteiger partial charge in [-0.2, -0.15) is 0 Å². The summed E-state index contributed by atoms with van der Waals surface area (Å²) in [4.78, 5) is 11.7. The van der Waals surface area contributed by atoms with Crippen molar-refractivity contribution < 1.29 is 4.79 Å². The molecule has 0 radical (unpaired) electrons. The minimum absolute atomic E-state index is 0.0175. The van der Waals surface area contributed by atoms with Crippen LogP contribution in [0.5, 0.6) is 0 Å². The minimum Gasteiger partial charge on any atom is -0.299 e. The lowest BCUT2D eigenvalue weighted by molar-refractivity contribution is -0.127. The molecule has 1 aliphatic rings. The maximum absolute atomic E-state index is 11.7. The van der Waals surface area contributed by atoms with E-state index in [9.17, 15) is 4.79 Å². The molecule has 1 fully saturated rings. The second kappa shape index (κ2) is 3.81. The maximum Gasteiger partial charge on any atom is 0.138 e. The molecule has 0 heterocycles. The van der Waals surface area contributed by atoms with Crippen LogP contribution in [0.15, 0.2) is 0 Å². The zero-order valence-electron chi connectivity index (χ0n) is 9.39. The van der Waals surface area contributed by atoms with E-state index in [0.29, 0.717) is 12.2 Å². The fourth-order valence-electron chi connectivity index (χ4n) is 2.54. The molecule has 0 N–H and O–H groups in total. The van der Waals surface area contributed by atoms with Crippen molar-refractivity contribution in [3.63, 3.8) is 0 Å². The molecule has 1 nitrogen and oxygen atoms in total. The van der Waals surface area contributed by atoms with Crippen molar-refractivity contribution in [2.75, 3.05) is 0 Å². The quantitative estimate of drug-likeness (QED) is 0.653. The highest BCUT2D eigenvalue weighted by Gasteiger charge is 2.40. The van der Waals surface area contributed by atoms with E-state index in [2.05, 4.69) is 20.8 Å². The number of Topliss-reactive ketones (excluding diaryl/α,β-unsaturated/α-hetero) is 1. The van der Waals surface area contributed by atoms with Crippen molar-refractivity contribution in [3.05, 3.63) is 0 Å². The van der Waals surface area contributed by atoms with E-state index in [-0.39, 0.29) is 5.41 Å². The fraction of sp³-hybridized carbons (Fsp3) is 0.917. The molecule has 0 unspecified atom stereocenters. The Kier molecular flexibility index (Phi) is 3.15. The average molecular weight is 182 g/mol. The summed E-state index contributed by atoms with van der Waals surface area (Å²) >= 11 is 0. The molecule has 76 valence electrons. The molecule has 0 amide bonds. The smallest absolute Gasteiger partial charge is 0.138 e. The van der Waals surface area contributed by atoms with Crippen LogP contribution in [0, 0.1) is 17.3 Å². The molecular weight excluding hydrogens is 160 g/mol. The van der Waals surface area contributed by atoms with Gasteiger partial charge in [0.1, 0.15) is 5.78 Å². The first kappa shape index (κ1) is 10.7. The van der Waals surface area contributed by atoms with Gasteiger partial charge in [-0.25, -0.2) is 0 Å². The summed E-state index contributed by atoms with van der Waals surface area (Å²) in [6.45, 7) is 8.68. The van der Waals surface area contributed by atoms with Gasteiger partial charge in [-0.1, -0.05) is 27.7 Å². The van der Waals surface area contributed by atoms with Crippen LogP contribution < -0.4 is 0 Å². The van der Waals surface area contributed by atoms with Gasteiger partial charge in [0.2, 0.25) is 0 Å². The number of carbonyl (C=O) groups is 1. The maximum atomic E-state index is 11.7. The van der Waals surface area contributed by atoms with Crippen molar-refractivity contribution in [2.24, 2.45) is 17.3 Å². The molecule has 0 aromatic carbocycles. The summed E-state index contributed by atoms with van der Waals surface area (Å²) in [5.74, 6) is 1.99. The highest BCUT2D eigenvalue weighted by Crippen LogP contribution is 2.45. The first-order valence-corrected chi connectivity index (χ1v) is 5.53. The molecule has 0 aromatic heterocycles. The third-order valence-corrected chi connectivity index (χ3v) is 3.72. The van der Waals surface area contributed by atoms with Crippen LogP contribution in [-0.2, 0) is 4.79 Å². The predicted molar refractivity (Wildman–Crippen MR) is 55.6 cm³/mol. The first-order chi connectivity index (χ1) is 5.99. The van der Waals surface area contributed by atoms with E-state index in [1.807, 2.05) is 6.92 Å². The van der Waals surface area contributed by atoms with Crippen molar-refractivity contribution in [1.29, 1.82) is 0 Å². The van der Waals surface area contributed by atoms with Crippen molar-refractivity contribution in [2.45, 2.75) is 53.4 Å². The molecule has 0 bridgehead atoms. The zero-order chi connectivity index (χ0) is 10.1. The first-order valence-electron chi connectivity index (χ1n) is 5.53. The third-order valence-electron chi connectivity index (χ3n) is 3.72. The van der Waals surface area contributed by atoms with Gasteiger partial charge in [0.25, 0.3) is 0 Å². The van der Waals surface area contributed by atoms with Gasteiger partial charge in [-0.3, -0.25) is 4.79 Å². The Morgan fingerprint density at radius 3 is 2.54 bits per heavy atom.